The number of urea groups is 1. The average Bonchev–Trinajstić information content (AvgIpc) is 3.00. The number of halogens is 1. The van der Waals surface area contributed by atoms with Gasteiger partial charge in [-0.05, 0) is 76.4 Å². The van der Waals surface area contributed by atoms with Crippen LogP contribution in [0.15, 0.2) is 42.7 Å². The number of piperidine rings is 1. The predicted octanol–water partition coefficient (Wildman–Crippen LogP) is 5.80. The van der Waals surface area contributed by atoms with Crippen LogP contribution in [-0.4, -0.2) is 88.9 Å². The summed E-state index contributed by atoms with van der Waals surface area (Å²) in [5, 5.41) is 3.90. The number of alkyl halides is 1. The van der Waals surface area contributed by atoms with Crippen LogP contribution in [0.3, 0.4) is 0 Å². The van der Waals surface area contributed by atoms with Crippen LogP contribution in [0.2, 0.25) is 0 Å². The number of carbonyl (C=O) groups is 1. The Morgan fingerprint density at radius 1 is 1.05 bits per heavy atom. The van der Waals surface area contributed by atoms with Crippen molar-refractivity contribution in [1.82, 2.24) is 19.8 Å². The third-order valence-corrected chi connectivity index (χ3v) is 9.04. The number of benzene rings is 2. The minimum atomic E-state index is -0.113. The number of hydrogen-bond donors (Lipinski definition) is 1. The Bertz CT molecular complexity index is 1330. The lowest BCUT2D eigenvalue weighted by molar-refractivity contribution is 0.193. The standard InChI is InChI=1S/C31H41IN6O4/c1-22(2)42-24-10-8-23(9-11-24)35-31(39)38-16-14-37(15-17-38)30-25-19-27(40-3)28(20-26(25)33-21-34-30)41-18-6-13-36-12-5-4-7-29(36)32/h8-11,19-22,29H,4-7,12-18H2,1-3H3,(H,35,39). The third kappa shape index (κ3) is 7.66. The van der Waals surface area contributed by atoms with Crippen LogP contribution in [0, 0.1) is 0 Å². The van der Waals surface area contributed by atoms with Crippen LogP contribution >= 0.6 is 22.6 Å². The lowest BCUT2D eigenvalue weighted by Crippen LogP contribution is -2.50. The van der Waals surface area contributed by atoms with E-state index in [-0.39, 0.29) is 12.1 Å². The van der Waals surface area contributed by atoms with Gasteiger partial charge in [0.05, 0.1) is 29.4 Å². The molecule has 226 valence electrons. The van der Waals surface area contributed by atoms with E-state index in [1.54, 1.807) is 13.4 Å². The molecular formula is C31H41IN6O4. The zero-order chi connectivity index (χ0) is 29.5. The second-order valence-corrected chi connectivity index (χ2v) is 12.4. The van der Waals surface area contributed by atoms with Crippen molar-refractivity contribution in [1.29, 1.82) is 0 Å². The predicted molar refractivity (Wildman–Crippen MR) is 174 cm³/mol. The number of methoxy groups -OCH3 is 1. The summed E-state index contributed by atoms with van der Waals surface area (Å²) < 4.78 is 18.2. The number of nitrogens with zero attached hydrogens (tertiary/aromatic N) is 5. The average molecular weight is 689 g/mol. The summed E-state index contributed by atoms with van der Waals surface area (Å²) in [6.45, 7) is 9.30. The van der Waals surface area contributed by atoms with Crippen molar-refractivity contribution in [3.63, 3.8) is 0 Å². The van der Waals surface area contributed by atoms with Gasteiger partial charge in [-0.3, -0.25) is 4.90 Å². The maximum absolute atomic E-state index is 12.9. The summed E-state index contributed by atoms with van der Waals surface area (Å²) >= 11 is 2.56. The number of amides is 2. The molecule has 0 spiro atoms. The molecule has 0 saturated carbocycles. The van der Waals surface area contributed by atoms with Gasteiger partial charge in [0, 0.05) is 49.9 Å². The molecule has 5 rings (SSSR count). The molecule has 0 aliphatic carbocycles. The molecule has 0 radical (unpaired) electrons. The van der Waals surface area contributed by atoms with Gasteiger partial charge < -0.3 is 29.3 Å². The Morgan fingerprint density at radius 2 is 1.83 bits per heavy atom. The van der Waals surface area contributed by atoms with Gasteiger partial charge in [-0.2, -0.15) is 0 Å². The number of anilines is 2. The highest BCUT2D eigenvalue weighted by Crippen LogP contribution is 2.35. The molecular weight excluding hydrogens is 647 g/mol. The molecule has 3 heterocycles. The first-order valence-electron chi connectivity index (χ1n) is 14.8. The highest BCUT2D eigenvalue weighted by Gasteiger charge is 2.24. The molecule has 3 aromatic rings. The number of ether oxygens (including phenoxy) is 3. The number of fused-ring (bicyclic) bond motifs is 1. The number of rotatable bonds is 10. The fourth-order valence-electron chi connectivity index (χ4n) is 5.44. The number of likely N-dealkylation sites (tertiary alicyclic amines) is 1. The molecule has 2 aliphatic heterocycles. The highest BCUT2D eigenvalue weighted by molar-refractivity contribution is 14.1. The Hall–Kier alpha value is -3.06. The Balaban J connectivity index is 1.18. The van der Waals surface area contributed by atoms with Gasteiger partial charge in [-0.25, -0.2) is 14.8 Å². The third-order valence-electron chi connectivity index (χ3n) is 7.62. The van der Waals surface area contributed by atoms with Gasteiger partial charge >= 0.3 is 6.03 Å². The van der Waals surface area contributed by atoms with Crippen LogP contribution < -0.4 is 24.4 Å². The molecule has 1 atom stereocenters. The van der Waals surface area contributed by atoms with Crippen molar-refractivity contribution < 1.29 is 19.0 Å². The first-order valence-corrected chi connectivity index (χ1v) is 16.1. The van der Waals surface area contributed by atoms with Crippen molar-refractivity contribution in [2.24, 2.45) is 0 Å². The first kappa shape index (κ1) is 30.4. The maximum atomic E-state index is 12.9. The summed E-state index contributed by atoms with van der Waals surface area (Å²) in [6, 6.07) is 11.3. The molecule has 1 N–H and O–H groups in total. The van der Waals surface area contributed by atoms with Crippen molar-refractivity contribution in [3.8, 4) is 17.2 Å². The van der Waals surface area contributed by atoms with Crippen molar-refractivity contribution >= 4 is 51.0 Å². The lowest BCUT2D eigenvalue weighted by atomic mass is 10.1. The van der Waals surface area contributed by atoms with E-state index in [4.69, 9.17) is 14.2 Å². The molecule has 11 heteroatoms. The zero-order valence-electron chi connectivity index (χ0n) is 24.7. The van der Waals surface area contributed by atoms with Crippen molar-refractivity contribution in [2.45, 2.75) is 49.7 Å². The van der Waals surface area contributed by atoms with E-state index in [1.165, 1.54) is 25.8 Å². The van der Waals surface area contributed by atoms with Crippen LogP contribution in [-0.2, 0) is 0 Å². The molecule has 2 fully saturated rings. The number of piperazine rings is 1. The highest BCUT2D eigenvalue weighted by atomic mass is 127. The van der Waals surface area contributed by atoms with Gasteiger partial charge in [0.2, 0.25) is 0 Å². The largest absolute Gasteiger partial charge is 0.493 e. The molecule has 0 bridgehead atoms. The summed E-state index contributed by atoms with van der Waals surface area (Å²) in [5.41, 5.74) is 1.55. The number of aromatic nitrogens is 2. The van der Waals surface area contributed by atoms with Gasteiger partial charge in [-0.15, -0.1) is 0 Å². The number of nitrogens with one attached hydrogen (secondary N) is 1. The second kappa shape index (κ2) is 14.4. The van der Waals surface area contributed by atoms with Gasteiger partial charge in [0.15, 0.2) is 11.5 Å². The van der Waals surface area contributed by atoms with Crippen LogP contribution in [0.25, 0.3) is 10.9 Å². The zero-order valence-corrected chi connectivity index (χ0v) is 26.9. The number of carbonyl (C=O) groups excluding carboxylic acids is 1. The smallest absolute Gasteiger partial charge is 0.321 e. The van der Waals surface area contributed by atoms with E-state index in [2.05, 4.69) is 47.7 Å². The van der Waals surface area contributed by atoms with Crippen molar-refractivity contribution in [2.75, 3.05) is 63.2 Å². The lowest BCUT2D eigenvalue weighted by Gasteiger charge is -2.35. The molecule has 2 aliphatic rings. The second-order valence-electron chi connectivity index (χ2n) is 11.0. The Labute approximate surface area is 261 Å². The van der Waals surface area contributed by atoms with Crippen LogP contribution in [0.5, 0.6) is 17.2 Å². The molecule has 10 nitrogen and oxygen atoms in total. The van der Waals surface area contributed by atoms with Crippen LogP contribution in [0.4, 0.5) is 16.3 Å². The van der Waals surface area contributed by atoms with E-state index in [1.807, 2.05) is 55.1 Å². The molecule has 1 aromatic heterocycles. The quantitative estimate of drug-likeness (QED) is 0.124. The normalized spacial score (nSPS) is 17.9. The topological polar surface area (TPSA) is 92.3 Å². The van der Waals surface area contributed by atoms with Gasteiger partial charge in [-0.1, -0.05) is 22.6 Å². The molecule has 1 unspecified atom stereocenters. The Kier molecular flexibility index (Phi) is 10.4. The van der Waals surface area contributed by atoms with Crippen molar-refractivity contribution in [3.05, 3.63) is 42.7 Å². The molecule has 42 heavy (non-hydrogen) atoms. The maximum Gasteiger partial charge on any atom is 0.321 e. The SMILES string of the molecule is COc1cc2c(N3CCN(C(=O)Nc4ccc(OC(C)C)cc4)CC3)ncnc2cc1OCCCN1CCCCC1I. The van der Waals surface area contributed by atoms with Crippen LogP contribution in [0.1, 0.15) is 39.5 Å². The summed E-state index contributed by atoms with van der Waals surface area (Å²) in [7, 11) is 1.66. The minimum absolute atomic E-state index is 0.105. The first-order chi connectivity index (χ1) is 20.4. The summed E-state index contributed by atoms with van der Waals surface area (Å²) in [5.74, 6) is 2.99. The van der Waals surface area contributed by atoms with E-state index >= 15 is 0 Å². The Morgan fingerprint density at radius 3 is 2.55 bits per heavy atom. The van der Waals surface area contributed by atoms with E-state index in [0.717, 1.165) is 41.1 Å². The number of hydrogen-bond acceptors (Lipinski definition) is 8. The monoisotopic (exact) mass is 688 g/mol. The van der Waals surface area contributed by atoms with E-state index < -0.39 is 0 Å². The molecule has 2 amide bonds. The fourth-order valence-corrected chi connectivity index (χ4v) is 6.44. The minimum Gasteiger partial charge on any atom is -0.493 e. The summed E-state index contributed by atoms with van der Waals surface area (Å²) in [4.78, 5) is 28.7. The summed E-state index contributed by atoms with van der Waals surface area (Å²) in [6.07, 6.45) is 6.55. The van der Waals surface area contributed by atoms with Gasteiger partial charge in [0.1, 0.15) is 17.9 Å². The molecule has 2 saturated heterocycles. The van der Waals surface area contributed by atoms with E-state index in [0.29, 0.717) is 48.3 Å². The molecule has 2 aromatic carbocycles. The van der Waals surface area contributed by atoms with Gasteiger partial charge in [0.25, 0.3) is 0 Å². The fraction of sp³-hybridized carbons (Fsp3) is 0.516. The van der Waals surface area contributed by atoms with E-state index in [9.17, 15) is 4.79 Å².